The molecule has 0 radical (unpaired) electrons. The van der Waals surface area contributed by atoms with Crippen LogP contribution in [0.2, 0.25) is 0 Å². The Morgan fingerprint density at radius 1 is 1.00 bits per heavy atom. The molecule has 0 N–H and O–H groups in total. The van der Waals surface area contributed by atoms with Gasteiger partial charge >= 0.3 is 5.97 Å². The van der Waals surface area contributed by atoms with E-state index in [1.807, 2.05) is 24.3 Å². The molecule has 7 nitrogen and oxygen atoms in total. The highest BCUT2D eigenvalue weighted by Crippen LogP contribution is 2.20. The number of carbonyl (C=O) groups is 2. The maximum absolute atomic E-state index is 12.5. The number of carbonyl (C=O) groups excluding carboxylic acids is 2. The van der Waals surface area contributed by atoms with E-state index in [1.165, 1.54) is 0 Å². The molecular weight excluding hydrogens is 404 g/mol. The fourth-order valence-electron chi connectivity index (χ4n) is 3.29. The van der Waals surface area contributed by atoms with Crippen LogP contribution in [0.5, 0.6) is 5.75 Å². The first kappa shape index (κ1) is 21.8. The van der Waals surface area contributed by atoms with Gasteiger partial charge in [-0.1, -0.05) is 19.1 Å². The zero-order valence-electron chi connectivity index (χ0n) is 17.2. The van der Waals surface area contributed by atoms with Crippen molar-refractivity contribution in [1.29, 1.82) is 0 Å². The normalized spacial score (nSPS) is 14.9. The van der Waals surface area contributed by atoms with E-state index in [2.05, 4.69) is 4.90 Å². The fraction of sp³-hybridized carbons (Fsp3) is 0.364. The lowest BCUT2D eigenvalue weighted by Crippen LogP contribution is -2.49. The summed E-state index contributed by atoms with van der Waals surface area (Å²) >= 11 is 0. The van der Waals surface area contributed by atoms with E-state index in [9.17, 15) is 13.8 Å². The standard InChI is InChI=1S/C22H26N2O5S/c1-3-30(27)20-7-5-4-6-19(20)22(26)29-16-21(25)24-14-12-23(13-15-24)17-8-10-18(28-2)11-9-17/h4-11H,3,12-16H2,1-2H3. The van der Waals surface area contributed by atoms with Gasteiger partial charge in [0, 0.05) is 37.6 Å². The summed E-state index contributed by atoms with van der Waals surface area (Å²) in [5.74, 6) is 0.352. The summed E-state index contributed by atoms with van der Waals surface area (Å²) in [7, 11) is 0.358. The molecular formula is C22H26N2O5S. The van der Waals surface area contributed by atoms with Crippen LogP contribution in [-0.2, 0) is 20.3 Å². The summed E-state index contributed by atoms with van der Waals surface area (Å²) in [5, 5.41) is 0. The maximum atomic E-state index is 12.5. The van der Waals surface area contributed by atoms with Crippen LogP contribution in [0.1, 0.15) is 17.3 Å². The van der Waals surface area contributed by atoms with Crippen LogP contribution < -0.4 is 9.64 Å². The summed E-state index contributed by atoms with van der Waals surface area (Å²) in [6.45, 7) is 3.97. The number of methoxy groups -OCH3 is 1. The molecule has 0 spiro atoms. The van der Waals surface area contributed by atoms with E-state index in [-0.39, 0.29) is 18.1 Å². The monoisotopic (exact) mass is 430 g/mol. The Bertz CT molecular complexity index is 908. The quantitative estimate of drug-likeness (QED) is 0.628. The predicted octanol–water partition coefficient (Wildman–Crippen LogP) is 2.33. The number of anilines is 1. The summed E-state index contributed by atoms with van der Waals surface area (Å²) in [5.41, 5.74) is 1.32. The molecule has 0 bridgehead atoms. The van der Waals surface area contributed by atoms with Crippen molar-refractivity contribution in [2.45, 2.75) is 11.8 Å². The second-order valence-electron chi connectivity index (χ2n) is 6.77. The van der Waals surface area contributed by atoms with Gasteiger partial charge in [-0.25, -0.2) is 4.79 Å². The highest BCUT2D eigenvalue weighted by Gasteiger charge is 2.23. The highest BCUT2D eigenvalue weighted by atomic mass is 32.2. The zero-order valence-corrected chi connectivity index (χ0v) is 18.0. The average Bonchev–Trinajstić information content (AvgIpc) is 2.82. The van der Waals surface area contributed by atoms with Gasteiger partial charge in [0.05, 0.1) is 28.4 Å². The molecule has 1 amide bonds. The number of rotatable bonds is 7. The first-order valence-corrected chi connectivity index (χ1v) is 11.2. The molecule has 30 heavy (non-hydrogen) atoms. The molecule has 8 heteroatoms. The number of esters is 1. The van der Waals surface area contributed by atoms with Crippen molar-refractivity contribution in [2.24, 2.45) is 0 Å². The molecule has 0 aliphatic carbocycles. The third-order valence-electron chi connectivity index (χ3n) is 5.01. The number of nitrogens with zero attached hydrogens (tertiary/aromatic N) is 2. The molecule has 160 valence electrons. The lowest BCUT2D eigenvalue weighted by atomic mass is 10.2. The summed E-state index contributed by atoms with van der Waals surface area (Å²) in [6.07, 6.45) is 0. The van der Waals surface area contributed by atoms with Crippen molar-refractivity contribution in [1.82, 2.24) is 4.90 Å². The Kier molecular flexibility index (Phi) is 7.46. The van der Waals surface area contributed by atoms with Crippen molar-refractivity contribution in [3.8, 4) is 5.75 Å². The van der Waals surface area contributed by atoms with Crippen LogP contribution in [0.15, 0.2) is 53.4 Å². The molecule has 1 saturated heterocycles. The number of ether oxygens (including phenoxy) is 2. The van der Waals surface area contributed by atoms with Crippen molar-refractivity contribution >= 4 is 28.4 Å². The molecule has 1 heterocycles. The van der Waals surface area contributed by atoms with Crippen molar-refractivity contribution < 1.29 is 23.3 Å². The molecule has 2 aromatic carbocycles. The van der Waals surface area contributed by atoms with Crippen LogP contribution in [0, 0.1) is 0 Å². The van der Waals surface area contributed by atoms with Gasteiger partial charge in [-0.05, 0) is 36.4 Å². The Balaban J connectivity index is 1.51. The average molecular weight is 431 g/mol. The summed E-state index contributed by atoms with van der Waals surface area (Å²) in [6, 6.07) is 14.5. The third kappa shape index (κ3) is 5.18. The molecule has 1 fully saturated rings. The van der Waals surface area contributed by atoms with E-state index in [1.54, 1.807) is 43.2 Å². The number of benzene rings is 2. The lowest BCUT2D eigenvalue weighted by Gasteiger charge is -2.36. The van der Waals surface area contributed by atoms with Gasteiger partial charge < -0.3 is 19.3 Å². The number of piperazine rings is 1. The van der Waals surface area contributed by atoms with E-state index < -0.39 is 16.8 Å². The second-order valence-corrected chi connectivity index (χ2v) is 8.48. The van der Waals surface area contributed by atoms with Crippen LogP contribution in [-0.4, -0.2) is 66.6 Å². The Hall–Kier alpha value is -2.87. The van der Waals surface area contributed by atoms with Crippen molar-refractivity contribution in [3.05, 3.63) is 54.1 Å². The molecule has 3 rings (SSSR count). The Morgan fingerprint density at radius 3 is 2.30 bits per heavy atom. The van der Waals surface area contributed by atoms with Crippen LogP contribution in [0.3, 0.4) is 0 Å². The van der Waals surface area contributed by atoms with E-state index in [4.69, 9.17) is 9.47 Å². The first-order chi connectivity index (χ1) is 14.5. The van der Waals surface area contributed by atoms with Gasteiger partial charge in [0.15, 0.2) is 6.61 Å². The number of hydrogen-bond donors (Lipinski definition) is 0. The molecule has 0 saturated carbocycles. The summed E-state index contributed by atoms with van der Waals surface area (Å²) < 4.78 is 22.5. The molecule has 1 aliphatic rings. The first-order valence-electron chi connectivity index (χ1n) is 9.84. The lowest BCUT2D eigenvalue weighted by molar-refractivity contribution is -0.134. The molecule has 0 aromatic heterocycles. The van der Waals surface area contributed by atoms with Crippen LogP contribution in [0.25, 0.3) is 0 Å². The summed E-state index contributed by atoms with van der Waals surface area (Å²) in [4.78, 5) is 29.2. The molecule has 2 aromatic rings. The minimum Gasteiger partial charge on any atom is -0.497 e. The van der Waals surface area contributed by atoms with Gasteiger partial charge in [-0.15, -0.1) is 0 Å². The van der Waals surface area contributed by atoms with Crippen molar-refractivity contribution in [2.75, 3.05) is 50.5 Å². The van der Waals surface area contributed by atoms with Crippen molar-refractivity contribution in [3.63, 3.8) is 0 Å². The second kappa shape index (κ2) is 10.2. The van der Waals surface area contributed by atoms with Gasteiger partial charge in [0.2, 0.25) is 0 Å². The highest BCUT2D eigenvalue weighted by molar-refractivity contribution is 7.85. The van der Waals surface area contributed by atoms with Gasteiger partial charge in [0.1, 0.15) is 5.75 Å². The van der Waals surface area contributed by atoms with E-state index in [0.29, 0.717) is 36.8 Å². The largest absolute Gasteiger partial charge is 0.497 e. The van der Waals surface area contributed by atoms with Crippen LogP contribution in [0.4, 0.5) is 5.69 Å². The molecule has 1 unspecified atom stereocenters. The SMILES string of the molecule is CCS(=O)c1ccccc1C(=O)OCC(=O)N1CCN(c2ccc(OC)cc2)CC1. The number of hydrogen-bond acceptors (Lipinski definition) is 6. The smallest absolute Gasteiger partial charge is 0.339 e. The zero-order chi connectivity index (χ0) is 21.5. The molecule has 1 aliphatic heterocycles. The van der Waals surface area contributed by atoms with Gasteiger partial charge in [-0.2, -0.15) is 0 Å². The Labute approximate surface area is 179 Å². The van der Waals surface area contributed by atoms with Gasteiger partial charge in [-0.3, -0.25) is 9.00 Å². The van der Waals surface area contributed by atoms with Crippen LogP contribution >= 0.6 is 0 Å². The maximum Gasteiger partial charge on any atom is 0.339 e. The fourth-order valence-corrected chi connectivity index (χ4v) is 4.23. The predicted molar refractivity (Wildman–Crippen MR) is 115 cm³/mol. The minimum absolute atomic E-state index is 0.230. The Morgan fingerprint density at radius 2 is 1.67 bits per heavy atom. The van der Waals surface area contributed by atoms with Gasteiger partial charge in [0.25, 0.3) is 5.91 Å². The minimum atomic E-state index is -1.28. The molecule has 1 atom stereocenters. The number of amides is 1. The topological polar surface area (TPSA) is 76.2 Å². The van der Waals surface area contributed by atoms with E-state index >= 15 is 0 Å². The third-order valence-corrected chi connectivity index (χ3v) is 6.38. The van der Waals surface area contributed by atoms with E-state index in [0.717, 1.165) is 11.4 Å².